The van der Waals surface area contributed by atoms with Crippen molar-refractivity contribution in [2.24, 2.45) is 11.7 Å². The molecule has 0 heterocycles. The van der Waals surface area contributed by atoms with Crippen LogP contribution in [-0.4, -0.2) is 29.2 Å². The highest BCUT2D eigenvalue weighted by atomic mass is 16.4. The van der Waals surface area contributed by atoms with E-state index in [0.29, 0.717) is 12.5 Å². The van der Waals surface area contributed by atoms with Gasteiger partial charge in [0.25, 0.3) is 0 Å². The van der Waals surface area contributed by atoms with Crippen LogP contribution in [0.25, 0.3) is 0 Å². The summed E-state index contributed by atoms with van der Waals surface area (Å²) in [5.74, 6) is -0.257. The van der Waals surface area contributed by atoms with Crippen LogP contribution in [0.4, 0.5) is 0 Å². The molecule has 1 rings (SSSR count). The molecule has 0 bridgehead atoms. The molecular formula is C9H18N2O2. The van der Waals surface area contributed by atoms with Crippen LogP contribution >= 0.6 is 0 Å². The summed E-state index contributed by atoms with van der Waals surface area (Å²) in [6, 6.07) is -0.793. The van der Waals surface area contributed by atoms with Crippen LogP contribution in [0.1, 0.15) is 26.7 Å². The maximum Gasteiger partial charge on any atom is 0.321 e. The average Bonchev–Trinajstić information content (AvgIpc) is 2.81. The molecule has 4 N–H and O–H groups in total. The second-order valence-corrected chi connectivity index (χ2v) is 4.32. The highest BCUT2D eigenvalue weighted by molar-refractivity contribution is 5.73. The van der Waals surface area contributed by atoms with Crippen molar-refractivity contribution >= 4 is 5.97 Å². The molecule has 0 saturated heterocycles. The zero-order chi connectivity index (χ0) is 10.1. The molecule has 4 nitrogen and oxygen atoms in total. The summed E-state index contributed by atoms with van der Waals surface area (Å²) in [4.78, 5) is 10.4. The van der Waals surface area contributed by atoms with Crippen LogP contribution in [0, 0.1) is 5.92 Å². The molecule has 76 valence electrons. The van der Waals surface area contributed by atoms with Gasteiger partial charge in [-0.15, -0.1) is 0 Å². The van der Waals surface area contributed by atoms with E-state index in [1.165, 1.54) is 12.8 Å². The molecule has 0 aromatic carbocycles. The number of rotatable bonds is 5. The van der Waals surface area contributed by atoms with E-state index in [9.17, 15) is 4.79 Å². The molecule has 0 aromatic heterocycles. The third-order valence-electron chi connectivity index (χ3n) is 2.69. The third-order valence-corrected chi connectivity index (χ3v) is 2.69. The SMILES string of the molecule is CC(C)(NCC(N)C(=O)O)C1CC1. The number of nitrogens with two attached hydrogens (primary N) is 1. The maximum absolute atomic E-state index is 10.4. The number of hydrogen-bond acceptors (Lipinski definition) is 3. The van der Waals surface area contributed by atoms with E-state index >= 15 is 0 Å². The van der Waals surface area contributed by atoms with Crippen LogP contribution in [0.3, 0.4) is 0 Å². The van der Waals surface area contributed by atoms with Crippen molar-refractivity contribution in [1.82, 2.24) is 5.32 Å². The first-order valence-corrected chi connectivity index (χ1v) is 4.67. The topological polar surface area (TPSA) is 75.3 Å². The summed E-state index contributed by atoms with van der Waals surface area (Å²) in [5, 5.41) is 11.8. The molecule has 0 spiro atoms. The minimum absolute atomic E-state index is 0.0348. The van der Waals surface area contributed by atoms with Crippen LogP contribution in [-0.2, 0) is 4.79 Å². The molecule has 1 saturated carbocycles. The Morgan fingerprint density at radius 1 is 1.69 bits per heavy atom. The predicted octanol–water partition coefficient (Wildman–Crippen LogP) is 0.177. The number of carboxylic acid groups (broad SMARTS) is 1. The van der Waals surface area contributed by atoms with Crippen molar-refractivity contribution in [1.29, 1.82) is 0 Å². The standard InChI is InChI=1S/C9H18N2O2/c1-9(2,6-3-4-6)11-5-7(10)8(12)13/h6-7,11H,3-5,10H2,1-2H3,(H,12,13). The Hall–Kier alpha value is -0.610. The Bertz CT molecular complexity index is 200. The molecule has 1 atom stereocenters. The van der Waals surface area contributed by atoms with Crippen molar-refractivity contribution in [2.75, 3.05) is 6.54 Å². The maximum atomic E-state index is 10.4. The lowest BCUT2D eigenvalue weighted by Crippen LogP contribution is -2.49. The number of hydrogen-bond donors (Lipinski definition) is 3. The largest absolute Gasteiger partial charge is 0.480 e. The van der Waals surface area contributed by atoms with Gasteiger partial charge >= 0.3 is 5.97 Å². The summed E-state index contributed by atoms with van der Waals surface area (Å²) in [6.07, 6.45) is 2.48. The second kappa shape index (κ2) is 3.64. The number of carboxylic acids is 1. The molecule has 1 unspecified atom stereocenters. The first-order chi connectivity index (χ1) is 5.93. The Labute approximate surface area is 78.5 Å². The van der Waals surface area contributed by atoms with Crippen LogP contribution in [0.15, 0.2) is 0 Å². The van der Waals surface area contributed by atoms with E-state index in [1.807, 2.05) is 0 Å². The van der Waals surface area contributed by atoms with E-state index in [2.05, 4.69) is 19.2 Å². The van der Waals surface area contributed by atoms with E-state index in [1.54, 1.807) is 0 Å². The molecule has 13 heavy (non-hydrogen) atoms. The summed E-state index contributed by atoms with van der Waals surface area (Å²) >= 11 is 0. The van der Waals surface area contributed by atoms with Crippen LogP contribution in [0.5, 0.6) is 0 Å². The van der Waals surface area contributed by atoms with Crippen molar-refractivity contribution in [3.05, 3.63) is 0 Å². The summed E-state index contributed by atoms with van der Waals surface area (Å²) in [6.45, 7) is 4.54. The first kappa shape index (κ1) is 10.5. The first-order valence-electron chi connectivity index (χ1n) is 4.67. The fourth-order valence-electron chi connectivity index (χ4n) is 1.41. The third kappa shape index (κ3) is 2.97. The molecule has 0 aromatic rings. The van der Waals surface area contributed by atoms with Gasteiger partial charge in [-0.3, -0.25) is 4.79 Å². The second-order valence-electron chi connectivity index (χ2n) is 4.32. The predicted molar refractivity (Wildman–Crippen MR) is 50.4 cm³/mol. The van der Waals surface area contributed by atoms with Crippen LogP contribution < -0.4 is 11.1 Å². The van der Waals surface area contributed by atoms with Gasteiger partial charge in [0, 0.05) is 12.1 Å². The Morgan fingerprint density at radius 2 is 2.23 bits per heavy atom. The van der Waals surface area contributed by atoms with Gasteiger partial charge in [0.15, 0.2) is 0 Å². The Morgan fingerprint density at radius 3 is 2.62 bits per heavy atom. The van der Waals surface area contributed by atoms with E-state index in [0.717, 1.165) is 0 Å². The number of nitrogens with one attached hydrogen (secondary N) is 1. The fourth-order valence-corrected chi connectivity index (χ4v) is 1.41. The summed E-state index contributed by atoms with van der Waals surface area (Å²) in [7, 11) is 0. The van der Waals surface area contributed by atoms with Gasteiger partial charge < -0.3 is 16.2 Å². The van der Waals surface area contributed by atoms with Crippen molar-refractivity contribution < 1.29 is 9.90 Å². The van der Waals surface area contributed by atoms with Gasteiger partial charge in [-0.1, -0.05) is 0 Å². The molecular weight excluding hydrogens is 168 g/mol. The lowest BCUT2D eigenvalue weighted by molar-refractivity contribution is -0.138. The molecule has 1 aliphatic rings. The van der Waals surface area contributed by atoms with E-state index in [4.69, 9.17) is 10.8 Å². The average molecular weight is 186 g/mol. The van der Waals surface area contributed by atoms with Crippen molar-refractivity contribution in [2.45, 2.75) is 38.3 Å². The quantitative estimate of drug-likeness (QED) is 0.572. The van der Waals surface area contributed by atoms with Gasteiger partial charge in [0.1, 0.15) is 6.04 Å². The van der Waals surface area contributed by atoms with E-state index in [-0.39, 0.29) is 5.54 Å². The van der Waals surface area contributed by atoms with Gasteiger partial charge in [0.05, 0.1) is 0 Å². The molecule has 0 aliphatic heterocycles. The molecule has 4 heteroatoms. The molecule has 1 fully saturated rings. The minimum Gasteiger partial charge on any atom is -0.480 e. The number of carbonyl (C=O) groups is 1. The molecule has 0 amide bonds. The van der Waals surface area contributed by atoms with Crippen molar-refractivity contribution in [3.8, 4) is 0 Å². The Balaban J connectivity index is 2.28. The van der Waals surface area contributed by atoms with Crippen molar-refractivity contribution in [3.63, 3.8) is 0 Å². The van der Waals surface area contributed by atoms with Crippen LogP contribution in [0.2, 0.25) is 0 Å². The highest BCUT2D eigenvalue weighted by Gasteiger charge is 2.37. The number of aliphatic carboxylic acids is 1. The highest BCUT2D eigenvalue weighted by Crippen LogP contribution is 2.38. The fraction of sp³-hybridized carbons (Fsp3) is 0.889. The van der Waals surface area contributed by atoms with Gasteiger partial charge in [-0.2, -0.15) is 0 Å². The van der Waals surface area contributed by atoms with Gasteiger partial charge in [0.2, 0.25) is 0 Å². The smallest absolute Gasteiger partial charge is 0.321 e. The van der Waals surface area contributed by atoms with Gasteiger partial charge in [-0.05, 0) is 32.6 Å². The monoisotopic (exact) mass is 186 g/mol. The summed E-state index contributed by atoms with van der Waals surface area (Å²) in [5.41, 5.74) is 5.42. The molecule has 1 aliphatic carbocycles. The minimum atomic E-state index is -0.945. The zero-order valence-electron chi connectivity index (χ0n) is 8.21. The van der Waals surface area contributed by atoms with Gasteiger partial charge in [-0.25, -0.2) is 0 Å². The lowest BCUT2D eigenvalue weighted by atomic mass is 9.98. The molecule has 0 radical (unpaired) electrons. The lowest BCUT2D eigenvalue weighted by Gasteiger charge is -2.27. The summed E-state index contributed by atoms with van der Waals surface area (Å²) < 4.78 is 0. The normalized spacial score (nSPS) is 19.9. The zero-order valence-corrected chi connectivity index (χ0v) is 8.21. The Kier molecular flexibility index (Phi) is 2.93. The van der Waals surface area contributed by atoms with E-state index < -0.39 is 12.0 Å².